The van der Waals surface area contributed by atoms with Gasteiger partial charge in [-0.2, -0.15) is 0 Å². The number of hydrogen-bond donors (Lipinski definition) is 1. The van der Waals surface area contributed by atoms with Gasteiger partial charge in [0, 0.05) is 12.6 Å². The van der Waals surface area contributed by atoms with Gasteiger partial charge in [-0.1, -0.05) is 26.3 Å². The molecular weight excluding hydrogens is 228 g/mol. The van der Waals surface area contributed by atoms with Gasteiger partial charge in [0.15, 0.2) is 0 Å². The molecule has 0 radical (unpaired) electrons. The number of likely N-dealkylation sites (N-methyl/N-ethyl adjacent to an activating group) is 1. The molecule has 0 aliphatic rings. The molecule has 0 bridgehead atoms. The summed E-state index contributed by atoms with van der Waals surface area (Å²) in [5, 5.41) is 8.68. The quantitative estimate of drug-likeness (QED) is 0.608. The van der Waals surface area contributed by atoms with Crippen molar-refractivity contribution in [2.75, 3.05) is 39.3 Å². The summed E-state index contributed by atoms with van der Waals surface area (Å²) in [5.74, 6) is -0.855. The van der Waals surface area contributed by atoms with Crippen molar-refractivity contribution in [1.29, 1.82) is 0 Å². The van der Waals surface area contributed by atoms with Crippen LogP contribution in [-0.2, 0) is 4.79 Å². The number of carboxylic acids is 1. The van der Waals surface area contributed by atoms with E-state index in [-0.39, 0.29) is 0 Å². The van der Waals surface area contributed by atoms with E-state index in [9.17, 15) is 4.79 Å². The minimum Gasteiger partial charge on any atom is -0.478 e. The van der Waals surface area contributed by atoms with Gasteiger partial charge in [0.25, 0.3) is 0 Å². The van der Waals surface area contributed by atoms with Crippen molar-refractivity contribution in [3.63, 3.8) is 0 Å². The van der Waals surface area contributed by atoms with Gasteiger partial charge in [0.05, 0.1) is 0 Å². The predicted octanol–water partition coefficient (Wildman–Crippen LogP) is 2.07. The minimum atomic E-state index is -0.855. The van der Waals surface area contributed by atoms with Crippen molar-refractivity contribution < 1.29 is 9.90 Å². The fourth-order valence-corrected chi connectivity index (χ4v) is 2.02. The fraction of sp³-hybridized carbons (Fsp3) is 0.786. The third-order valence-corrected chi connectivity index (χ3v) is 3.13. The van der Waals surface area contributed by atoms with Gasteiger partial charge < -0.3 is 10.0 Å². The first kappa shape index (κ1) is 17.1. The van der Waals surface area contributed by atoms with Gasteiger partial charge in [-0.15, -0.1) is 0 Å². The number of aliphatic carboxylic acids is 1. The predicted molar refractivity (Wildman–Crippen MR) is 75.9 cm³/mol. The zero-order chi connectivity index (χ0) is 14.0. The highest BCUT2D eigenvalue weighted by Gasteiger charge is 2.05. The third kappa shape index (κ3) is 8.25. The van der Waals surface area contributed by atoms with E-state index in [4.69, 9.17) is 5.11 Å². The second kappa shape index (κ2) is 10.1. The number of carbonyl (C=O) groups is 1. The molecular formula is C14H28N2O2. The van der Waals surface area contributed by atoms with E-state index in [2.05, 4.69) is 30.6 Å². The lowest BCUT2D eigenvalue weighted by Crippen LogP contribution is -2.31. The van der Waals surface area contributed by atoms with Gasteiger partial charge in [-0.25, -0.2) is 4.79 Å². The molecule has 0 unspecified atom stereocenters. The summed E-state index contributed by atoms with van der Waals surface area (Å²) >= 11 is 0. The SMILES string of the molecule is CCN(CC)CCCN(CC)CC(C)=CC(=O)O. The van der Waals surface area contributed by atoms with Crippen LogP contribution in [0.5, 0.6) is 0 Å². The summed E-state index contributed by atoms with van der Waals surface area (Å²) in [5.41, 5.74) is 0.909. The maximum Gasteiger partial charge on any atom is 0.328 e. The van der Waals surface area contributed by atoms with Gasteiger partial charge in [0.2, 0.25) is 0 Å². The van der Waals surface area contributed by atoms with E-state index < -0.39 is 5.97 Å². The smallest absolute Gasteiger partial charge is 0.328 e. The lowest BCUT2D eigenvalue weighted by atomic mass is 10.2. The molecule has 0 spiro atoms. The number of nitrogens with zero attached hydrogens (tertiary/aromatic N) is 2. The van der Waals surface area contributed by atoms with Crippen molar-refractivity contribution >= 4 is 5.97 Å². The summed E-state index contributed by atoms with van der Waals surface area (Å²) in [6.45, 7) is 14.4. The summed E-state index contributed by atoms with van der Waals surface area (Å²) in [7, 11) is 0. The molecule has 0 saturated heterocycles. The van der Waals surface area contributed by atoms with Crippen molar-refractivity contribution in [3.05, 3.63) is 11.6 Å². The molecule has 0 saturated carbocycles. The number of hydrogen-bond acceptors (Lipinski definition) is 3. The Balaban J connectivity index is 4.01. The maximum atomic E-state index is 10.6. The van der Waals surface area contributed by atoms with Crippen LogP contribution in [0, 0.1) is 0 Å². The molecule has 0 aromatic carbocycles. The first-order valence-corrected chi connectivity index (χ1v) is 6.88. The van der Waals surface area contributed by atoms with Crippen LogP contribution in [0.25, 0.3) is 0 Å². The van der Waals surface area contributed by atoms with E-state index in [0.717, 1.165) is 51.3 Å². The highest BCUT2D eigenvalue weighted by Crippen LogP contribution is 2.01. The summed E-state index contributed by atoms with van der Waals surface area (Å²) < 4.78 is 0. The van der Waals surface area contributed by atoms with Gasteiger partial charge in [0.1, 0.15) is 0 Å². The van der Waals surface area contributed by atoms with E-state index in [1.165, 1.54) is 6.08 Å². The highest BCUT2D eigenvalue weighted by atomic mass is 16.4. The number of rotatable bonds is 10. The van der Waals surface area contributed by atoms with Crippen molar-refractivity contribution in [1.82, 2.24) is 9.80 Å². The minimum absolute atomic E-state index is 0.751. The lowest BCUT2D eigenvalue weighted by Gasteiger charge is -2.23. The van der Waals surface area contributed by atoms with Crippen LogP contribution < -0.4 is 0 Å². The molecule has 0 rings (SSSR count). The van der Waals surface area contributed by atoms with Crippen molar-refractivity contribution in [3.8, 4) is 0 Å². The molecule has 4 nitrogen and oxygen atoms in total. The molecule has 0 heterocycles. The second-order valence-corrected chi connectivity index (χ2v) is 4.58. The van der Waals surface area contributed by atoms with Crippen LogP contribution in [-0.4, -0.2) is 60.1 Å². The van der Waals surface area contributed by atoms with Crippen LogP contribution in [0.15, 0.2) is 11.6 Å². The Morgan fingerprint density at radius 3 is 2.00 bits per heavy atom. The fourth-order valence-electron chi connectivity index (χ4n) is 2.02. The average Bonchev–Trinajstić information content (AvgIpc) is 2.32. The Bertz CT molecular complexity index is 261. The molecule has 0 aliphatic heterocycles. The first-order chi connectivity index (χ1) is 8.53. The lowest BCUT2D eigenvalue weighted by molar-refractivity contribution is -0.131. The molecule has 0 aromatic heterocycles. The zero-order valence-electron chi connectivity index (χ0n) is 12.3. The second-order valence-electron chi connectivity index (χ2n) is 4.58. The Morgan fingerprint density at radius 1 is 1.06 bits per heavy atom. The highest BCUT2D eigenvalue weighted by molar-refractivity contribution is 5.80. The molecule has 0 amide bonds. The van der Waals surface area contributed by atoms with Crippen LogP contribution in [0.1, 0.15) is 34.1 Å². The summed E-state index contributed by atoms with van der Waals surface area (Å²) in [4.78, 5) is 15.3. The largest absolute Gasteiger partial charge is 0.478 e. The zero-order valence-corrected chi connectivity index (χ0v) is 12.3. The Kier molecular flexibility index (Phi) is 9.60. The van der Waals surface area contributed by atoms with Gasteiger partial charge >= 0.3 is 5.97 Å². The maximum absolute atomic E-state index is 10.6. The Morgan fingerprint density at radius 2 is 1.56 bits per heavy atom. The summed E-state index contributed by atoms with van der Waals surface area (Å²) in [6, 6.07) is 0. The normalized spacial score (nSPS) is 12.4. The molecule has 0 aliphatic carbocycles. The topological polar surface area (TPSA) is 43.8 Å². The van der Waals surface area contributed by atoms with Crippen LogP contribution in [0.3, 0.4) is 0 Å². The Labute approximate surface area is 111 Å². The van der Waals surface area contributed by atoms with E-state index in [1.807, 2.05) is 6.92 Å². The van der Waals surface area contributed by atoms with Gasteiger partial charge in [-0.05, 0) is 46.1 Å². The van der Waals surface area contributed by atoms with Crippen LogP contribution in [0.4, 0.5) is 0 Å². The van der Waals surface area contributed by atoms with E-state index >= 15 is 0 Å². The first-order valence-electron chi connectivity index (χ1n) is 6.88. The molecule has 4 heteroatoms. The van der Waals surface area contributed by atoms with Gasteiger partial charge in [-0.3, -0.25) is 4.90 Å². The average molecular weight is 256 g/mol. The van der Waals surface area contributed by atoms with Crippen molar-refractivity contribution in [2.24, 2.45) is 0 Å². The third-order valence-electron chi connectivity index (χ3n) is 3.13. The van der Waals surface area contributed by atoms with Crippen molar-refractivity contribution in [2.45, 2.75) is 34.1 Å². The molecule has 0 aromatic rings. The number of carboxylic acid groups (broad SMARTS) is 1. The monoisotopic (exact) mass is 256 g/mol. The summed E-state index contributed by atoms with van der Waals surface area (Å²) in [6.07, 6.45) is 2.43. The van der Waals surface area contributed by atoms with Crippen LogP contribution in [0.2, 0.25) is 0 Å². The standard InChI is InChI=1S/C14H28N2O2/c1-5-15(6-2)9-8-10-16(7-3)12-13(4)11-14(17)18/h11H,5-10,12H2,1-4H3,(H,17,18). The Hall–Kier alpha value is -0.870. The van der Waals surface area contributed by atoms with E-state index in [1.54, 1.807) is 0 Å². The molecule has 0 fully saturated rings. The molecule has 106 valence electrons. The molecule has 1 N–H and O–H groups in total. The van der Waals surface area contributed by atoms with Crippen LogP contribution >= 0.6 is 0 Å². The van der Waals surface area contributed by atoms with E-state index in [0.29, 0.717) is 0 Å². The molecule has 18 heavy (non-hydrogen) atoms. The molecule has 0 atom stereocenters.